The summed E-state index contributed by atoms with van der Waals surface area (Å²) in [6.07, 6.45) is -2.12. The molecule has 35 heavy (non-hydrogen) atoms. The maximum Gasteiger partial charge on any atom is 0.573 e. The van der Waals surface area contributed by atoms with Crippen molar-refractivity contribution in [2.45, 2.75) is 19.3 Å². The highest BCUT2D eigenvalue weighted by molar-refractivity contribution is 6.04. The van der Waals surface area contributed by atoms with Crippen molar-refractivity contribution in [3.63, 3.8) is 0 Å². The first-order valence-electron chi connectivity index (χ1n) is 11.0. The number of halogens is 3. The van der Waals surface area contributed by atoms with Gasteiger partial charge in [-0.2, -0.15) is 5.10 Å². The molecule has 0 saturated carbocycles. The number of hydrogen-bond donors (Lipinski definition) is 2. The Balaban J connectivity index is 1.30. The average molecular weight is 478 g/mol. The van der Waals surface area contributed by atoms with E-state index in [1.165, 1.54) is 12.1 Å². The second kappa shape index (κ2) is 9.17. The number of aromatic amines is 1. The largest absolute Gasteiger partial charge is 0.573 e. The van der Waals surface area contributed by atoms with Crippen LogP contribution in [0.5, 0.6) is 5.75 Å². The lowest BCUT2D eigenvalue weighted by Gasteiger charge is -2.09. The van der Waals surface area contributed by atoms with E-state index in [0.717, 1.165) is 27.5 Å². The van der Waals surface area contributed by atoms with Gasteiger partial charge < -0.3 is 15.0 Å². The summed E-state index contributed by atoms with van der Waals surface area (Å²) < 4.78 is 42.8. The minimum Gasteiger partial charge on any atom is -0.406 e. The maximum absolute atomic E-state index is 13.0. The number of carbonyl (C=O) groups is 1. The van der Waals surface area contributed by atoms with Gasteiger partial charge in [0.05, 0.1) is 12.1 Å². The fourth-order valence-corrected chi connectivity index (χ4v) is 4.12. The standard InChI is InChI=1S/C26H21F3N4O2/c27-26(28,29)35-19-11-9-17(10-12-19)16-33-23-8-4-2-6-21(23)24(32-33)25(34)30-14-13-18-15-31-22-7-3-1-5-20(18)22/h1-12,15,31H,13-14,16H2,(H,30,34). The molecule has 0 aliphatic carbocycles. The van der Waals surface area contributed by atoms with Crippen LogP contribution in [0.1, 0.15) is 21.6 Å². The van der Waals surface area contributed by atoms with E-state index in [4.69, 9.17) is 0 Å². The Morgan fingerprint density at radius 2 is 1.69 bits per heavy atom. The smallest absolute Gasteiger partial charge is 0.406 e. The van der Waals surface area contributed by atoms with Crippen molar-refractivity contribution in [3.8, 4) is 5.75 Å². The Morgan fingerprint density at radius 3 is 2.46 bits per heavy atom. The Bertz CT molecular complexity index is 1490. The summed E-state index contributed by atoms with van der Waals surface area (Å²) in [6.45, 7) is 0.734. The van der Waals surface area contributed by atoms with Gasteiger partial charge in [0.25, 0.3) is 5.91 Å². The van der Waals surface area contributed by atoms with Crippen LogP contribution >= 0.6 is 0 Å². The van der Waals surface area contributed by atoms with Crippen LogP contribution in [0, 0.1) is 0 Å². The van der Waals surface area contributed by atoms with Gasteiger partial charge in [0.2, 0.25) is 0 Å². The molecular formula is C26H21F3N4O2. The lowest BCUT2D eigenvalue weighted by molar-refractivity contribution is -0.274. The number of benzene rings is 3. The SMILES string of the molecule is O=C(NCCc1c[nH]c2ccccc12)c1nn(Cc2ccc(OC(F)(F)F)cc2)c2ccccc12. The second-order valence-corrected chi connectivity index (χ2v) is 8.08. The van der Waals surface area contributed by atoms with Gasteiger partial charge in [-0.25, -0.2) is 0 Å². The number of ether oxygens (including phenoxy) is 1. The van der Waals surface area contributed by atoms with Crippen LogP contribution < -0.4 is 10.1 Å². The molecule has 2 N–H and O–H groups in total. The predicted octanol–water partition coefficient (Wildman–Crippen LogP) is 5.44. The van der Waals surface area contributed by atoms with Gasteiger partial charge in [-0.05, 0) is 41.8 Å². The highest BCUT2D eigenvalue weighted by atomic mass is 19.4. The molecule has 0 atom stereocenters. The number of H-pyrrole nitrogens is 1. The fraction of sp³-hybridized carbons (Fsp3) is 0.154. The number of aromatic nitrogens is 3. The zero-order valence-electron chi connectivity index (χ0n) is 18.5. The molecule has 2 heterocycles. The van der Waals surface area contributed by atoms with Gasteiger partial charge in [-0.1, -0.05) is 48.5 Å². The molecule has 0 saturated heterocycles. The molecule has 0 spiro atoms. The average Bonchev–Trinajstić information content (AvgIpc) is 3.41. The molecule has 5 rings (SSSR count). The monoisotopic (exact) mass is 478 g/mol. The minimum absolute atomic E-state index is 0.284. The third-order valence-electron chi connectivity index (χ3n) is 5.72. The predicted molar refractivity (Wildman–Crippen MR) is 126 cm³/mol. The quantitative estimate of drug-likeness (QED) is 0.327. The first-order valence-corrected chi connectivity index (χ1v) is 11.0. The van der Waals surface area contributed by atoms with Gasteiger partial charge in [0, 0.05) is 29.0 Å². The van der Waals surface area contributed by atoms with Crippen LogP contribution in [0.15, 0.2) is 79.0 Å². The van der Waals surface area contributed by atoms with Crippen molar-refractivity contribution in [3.05, 3.63) is 95.8 Å². The molecule has 6 nitrogen and oxygen atoms in total. The van der Waals surface area contributed by atoms with Gasteiger partial charge >= 0.3 is 6.36 Å². The molecule has 3 aromatic carbocycles. The van der Waals surface area contributed by atoms with Crippen molar-refractivity contribution in [2.24, 2.45) is 0 Å². The Morgan fingerprint density at radius 1 is 0.971 bits per heavy atom. The van der Waals surface area contributed by atoms with Crippen molar-refractivity contribution in [1.82, 2.24) is 20.1 Å². The van der Waals surface area contributed by atoms with Crippen molar-refractivity contribution in [1.29, 1.82) is 0 Å². The van der Waals surface area contributed by atoms with Crippen LogP contribution in [0.4, 0.5) is 13.2 Å². The number of alkyl halides is 3. The van der Waals surface area contributed by atoms with Crippen LogP contribution in [0.25, 0.3) is 21.8 Å². The van der Waals surface area contributed by atoms with Crippen LogP contribution in [0.2, 0.25) is 0 Å². The third kappa shape index (κ3) is 4.98. The van der Waals surface area contributed by atoms with E-state index in [2.05, 4.69) is 20.1 Å². The first kappa shape index (κ1) is 22.5. The Labute approximate surface area is 198 Å². The molecule has 0 unspecified atom stereocenters. The summed E-state index contributed by atoms with van der Waals surface area (Å²) in [7, 11) is 0. The second-order valence-electron chi connectivity index (χ2n) is 8.08. The Hall–Kier alpha value is -4.27. The Kier molecular flexibility index (Phi) is 5.90. The zero-order chi connectivity index (χ0) is 24.4. The van der Waals surface area contributed by atoms with Crippen LogP contribution in [-0.2, 0) is 13.0 Å². The lowest BCUT2D eigenvalue weighted by Crippen LogP contribution is -2.26. The topological polar surface area (TPSA) is 71.9 Å². The number of nitrogens with one attached hydrogen (secondary N) is 2. The molecule has 9 heteroatoms. The number of hydrogen-bond acceptors (Lipinski definition) is 3. The number of nitrogens with zero attached hydrogens (tertiary/aromatic N) is 2. The lowest BCUT2D eigenvalue weighted by atomic mass is 10.1. The van der Waals surface area contributed by atoms with E-state index < -0.39 is 6.36 Å². The number of amides is 1. The van der Waals surface area contributed by atoms with Crippen molar-refractivity contribution in [2.75, 3.05) is 6.54 Å². The molecule has 1 amide bonds. The summed E-state index contributed by atoms with van der Waals surface area (Å²) >= 11 is 0. The van der Waals surface area contributed by atoms with E-state index in [1.807, 2.05) is 54.7 Å². The summed E-state index contributed by atoms with van der Waals surface area (Å²) in [5.74, 6) is -0.574. The highest BCUT2D eigenvalue weighted by Gasteiger charge is 2.31. The highest BCUT2D eigenvalue weighted by Crippen LogP contribution is 2.24. The van der Waals surface area contributed by atoms with Crippen molar-refractivity contribution < 1.29 is 22.7 Å². The van der Waals surface area contributed by atoms with Crippen molar-refractivity contribution >= 4 is 27.7 Å². The molecule has 0 aliphatic rings. The van der Waals surface area contributed by atoms with Crippen LogP contribution in [-0.4, -0.2) is 33.6 Å². The summed E-state index contributed by atoms with van der Waals surface area (Å²) in [6, 6.07) is 21.0. The van der Waals surface area contributed by atoms with Gasteiger partial charge in [-0.15, -0.1) is 13.2 Å². The molecule has 0 aliphatic heterocycles. The molecule has 5 aromatic rings. The molecule has 0 radical (unpaired) electrons. The molecule has 0 fully saturated rings. The summed E-state index contributed by atoms with van der Waals surface area (Å²) in [5, 5.41) is 9.30. The van der Waals surface area contributed by atoms with E-state index in [1.54, 1.807) is 16.8 Å². The van der Waals surface area contributed by atoms with E-state index in [9.17, 15) is 18.0 Å². The van der Waals surface area contributed by atoms with E-state index >= 15 is 0 Å². The molecular weight excluding hydrogens is 457 g/mol. The van der Waals surface area contributed by atoms with Gasteiger partial charge in [0.15, 0.2) is 5.69 Å². The molecule has 178 valence electrons. The minimum atomic E-state index is -4.74. The zero-order valence-corrected chi connectivity index (χ0v) is 18.5. The summed E-state index contributed by atoms with van der Waals surface area (Å²) in [5.41, 5.74) is 3.95. The van der Waals surface area contributed by atoms with E-state index in [-0.39, 0.29) is 18.2 Å². The number of fused-ring (bicyclic) bond motifs is 2. The number of rotatable bonds is 7. The van der Waals surface area contributed by atoms with Crippen LogP contribution in [0.3, 0.4) is 0 Å². The number of carbonyl (C=O) groups excluding carboxylic acids is 1. The van der Waals surface area contributed by atoms with E-state index in [0.29, 0.717) is 24.0 Å². The summed E-state index contributed by atoms with van der Waals surface area (Å²) in [4.78, 5) is 16.2. The van der Waals surface area contributed by atoms with Gasteiger partial charge in [0.1, 0.15) is 5.75 Å². The fourth-order valence-electron chi connectivity index (χ4n) is 4.12. The maximum atomic E-state index is 13.0. The molecule has 0 bridgehead atoms. The normalized spacial score (nSPS) is 11.7. The third-order valence-corrected chi connectivity index (χ3v) is 5.72. The first-order chi connectivity index (χ1) is 16.9. The molecule has 2 aromatic heterocycles. The van der Waals surface area contributed by atoms with Gasteiger partial charge in [-0.3, -0.25) is 9.48 Å². The number of para-hydroxylation sites is 2.